The molecule has 0 aliphatic carbocycles. The fourth-order valence-corrected chi connectivity index (χ4v) is 5.50. The fourth-order valence-electron chi connectivity index (χ4n) is 3.79. The molecule has 1 aromatic heterocycles. The number of aryl methyl sites for hydroxylation is 2. The zero-order valence-electron chi connectivity index (χ0n) is 18.1. The molecule has 0 saturated carbocycles. The first-order valence-electron chi connectivity index (χ1n) is 10.3. The van der Waals surface area contributed by atoms with Crippen LogP contribution in [-0.4, -0.2) is 54.6 Å². The monoisotopic (exact) mass is 491 g/mol. The van der Waals surface area contributed by atoms with Gasteiger partial charge in [0, 0.05) is 55.8 Å². The van der Waals surface area contributed by atoms with E-state index in [1.807, 2.05) is 25.1 Å². The molecular weight excluding hydrogens is 469 g/mol. The Labute approximate surface area is 196 Å². The molecule has 0 unspecified atom stereocenters. The van der Waals surface area contributed by atoms with E-state index in [2.05, 4.69) is 15.3 Å². The van der Waals surface area contributed by atoms with E-state index in [0.717, 1.165) is 17.3 Å². The summed E-state index contributed by atoms with van der Waals surface area (Å²) in [4.78, 5) is 14.9. The van der Waals surface area contributed by atoms with Crippen molar-refractivity contribution in [3.8, 4) is 0 Å². The van der Waals surface area contributed by atoms with E-state index in [-0.39, 0.29) is 29.4 Å². The van der Waals surface area contributed by atoms with Crippen molar-refractivity contribution in [1.82, 2.24) is 14.1 Å². The quantitative estimate of drug-likeness (QED) is 0.591. The topological polar surface area (TPSA) is 87.5 Å². The second-order valence-corrected chi connectivity index (χ2v) is 10.1. The van der Waals surface area contributed by atoms with Gasteiger partial charge >= 0.3 is 0 Å². The molecule has 2 heterocycles. The van der Waals surface area contributed by atoms with Crippen molar-refractivity contribution in [1.29, 1.82) is 0 Å². The zero-order valence-corrected chi connectivity index (χ0v) is 19.7. The number of sulfonamides is 1. The number of amides is 1. The Morgan fingerprint density at radius 1 is 1.12 bits per heavy atom. The summed E-state index contributed by atoms with van der Waals surface area (Å²) in [5, 5.41) is 6.88. The molecule has 2 aromatic carbocycles. The van der Waals surface area contributed by atoms with E-state index in [4.69, 9.17) is 11.6 Å². The van der Waals surface area contributed by atoms with Crippen LogP contribution < -0.4 is 10.2 Å². The minimum atomic E-state index is -4.03. The van der Waals surface area contributed by atoms with Gasteiger partial charge in [-0.15, -0.1) is 0 Å². The van der Waals surface area contributed by atoms with Gasteiger partial charge in [0.25, 0.3) is 15.9 Å². The van der Waals surface area contributed by atoms with E-state index in [1.54, 1.807) is 0 Å². The third-order valence-corrected chi connectivity index (χ3v) is 7.53. The Hall–Kier alpha value is -2.95. The normalized spacial score (nSPS) is 15.0. The maximum atomic E-state index is 13.5. The van der Waals surface area contributed by atoms with Crippen LogP contribution in [0.2, 0.25) is 5.02 Å². The molecule has 0 radical (unpaired) electrons. The van der Waals surface area contributed by atoms with Crippen molar-refractivity contribution in [3.63, 3.8) is 0 Å². The number of piperazine rings is 1. The van der Waals surface area contributed by atoms with Crippen molar-refractivity contribution in [2.45, 2.75) is 11.9 Å². The standard InChI is InChI=1S/C22H23ClFN5O3S/c1-15-6-7-16(23)12-20(15)28-8-10-29(11-9-28)33(31,32)22-19(14-27(2)26-22)21(30)25-18-5-3-4-17(24)13-18/h3-7,12-14H,8-11H2,1-2H3,(H,25,30). The van der Waals surface area contributed by atoms with Crippen LogP contribution in [0.5, 0.6) is 0 Å². The van der Waals surface area contributed by atoms with Crippen molar-refractivity contribution >= 4 is 38.9 Å². The molecule has 1 saturated heterocycles. The van der Waals surface area contributed by atoms with Crippen LogP contribution in [0.25, 0.3) is 0 Å². The lowest BCUT2D eigenvalue weighted by molar-refractivity contribution is 0.102. The number of anilines is 2. The number of hydrogen-bond acceptors (Lipinski definition) is 5. The van der Waals surface area contributed by atoms with Gasteiger partial charge in [-0.05, 0) is 42.8 Å². The van der Waals surface area contributed by atoms with Crippen LogP contribution in [0, 0.1) is 12.7 Å². The number of carbonyl (C=O) groups excluding carboxylic acids is 1. The Balaban J connectivity index is 1.53. The Morgan fingerprint density at radius 3 is 2.55 bits per heavy atom. The number of nitrogens with one attached hydrogen (secondary N) is 1. The first-order chi connectivity index (χ1) is 15.6. The van der Waals surface area contributed by atoms with Crippen molar-refractivity contribution in [2.75, 3.05) is 36.4 Å². The molecule has 0 atom stereocenters. The molecule has 11 heteroatoms. The SMILES string of the molecule is Cc1ccc(Cl)cc1N1CCN(S(=O)(=O)c2nn(C)cc2C(=O)Nc2cccc(F)c2)CC1. The number of hydrogen-bond donors (Lipinski definition) is 1. The predicted molar refractivity (Wildman–Crippen MR) is 125 cm³/mol. The summed E-state index contributed by atoms with van der Waals surface area (Å²) in [6.07, 6.45) is 1.34. The number of nitrogens with zero attached hydrogens (tertiary/aromatic N) is 4. The van der Waals surface area contributed by atoms with Crippen LogP contribution in [-0.2, 0) is 17.1 Å². The molecular formula is C22H23ClFN5O3S. The average Bonchev–Trinajstić information content (AvgIpc) is 3.18. The summed E-state index contributed by atoms with van der Waals surface area (Å²) in [6.45, 7) is 3.38. The molecule has 174 valence electrons. The second kappa shape index (κ2) is 9.12. The van der Waals surface area contributed by atoms with E-state index in [9.17, 15) is 17.6 Å². The summed E-state index contributed by atoms with van der Waals surface area (Å²) < 4.78 is 42.8. The van der Waals surface area contributed by atoms with Gasteiger partial charge in [-0.3, -0.25) is 9.48 Å². The molecule has 1 amide bonds. The second-order valence-electron chi connectivity index (χ2n) is 7.81. The first-order valence-corrected chi connectivity index (χ1v) is 12.1. The maximum Gasteiger partial charge on any atom is 0.263 e. The van der Waals surface area contributed by atoms with Crippen LogP contribution >= 0.6 is 11.6 Å². The van der Waals surface area contributed by atoms with E-state index < -0.39 is 21.7 Å². The van der Waals surface area contributed by atoms with Gasteiger partial charge in [0.05, 0.1) is 5.56 Å². The van der Waals surface area contributed by atoms with Gasteiger partial charge in [-0.1, -0.05) is 23.7 Å². The Morgan fingerprint density at radius 2 is 1.85 bits per heavy atom. The molecule has 4 rings (SSSR count). The third-order valence-electron chi connectivity index (χ3n) is 5.46. The lowest BCUT2D eigenvalue weighted by Crippen LogP contribution is -2.49. The molecule has 33 heavy (non-hydrogen) atoms. The van der Waals surface area contributed by atoms with Gasteiger partial charge in [-0.2, -0.15) is 9.40 Å². The molecule has 1 N–H and O–H groups in total. The lowest BCUT2D eigenvalue weighted by atomic mass is 10.1. The summed E-state index contributed by atoms with van der Waals surface area (Å²) in [5.41, 5.74) is 2.14. The van der Waals surface area contributed by atoms with Crippen molar-refractivity contribution in [2.24, 2.45) is 7.05 Å². The average molecular weight is 492 g/mol. The fraction of sp³-hybridized carbons (Fsp3) is 0.273. The maximum absolute atomic E-state index is 13.5. The summed E-state index contributed by atoms with van der Waals surface area (Å²) >= 11 is 6.13. The zero-order chi connectivity index (χ0) is 23.8. The highest BCUT2D eigenvalue weighted by Crippen LogP contribution is 2.27. The number of aromatic nitrogens is 2. The summed E-state index contributed by atoms with van der Waals surface area (Å²) in [6, 6.07) is 11.0. The van der Waals surface area contributed by atoms with Gasteiger partial charge in [0.2, 0.25) is 5.03 Å². The summed E-state index contributed by atoms with van der Waals surface area (Å²) in [5.74, 6) is -1.19. The van der Waals surface area contributed by atoms with Crippen molar-refractivity contribution in [3.05, 3.63) is 70.6 Å². The van der Waals surface area contributed by atoms with E-state index >= 15 is 0 Å². The molecule has 1 aliphatic heterocycles. The molecule has 0 spiro atoms. The van der Waals surface area contributed by atoms with Crippen LogP contribution in [0.15, 0.2) is 53.7 Å². The highest BCUT2D eigenvalue weighted by atomic mass is 35.5. The Kier molecular flexibility index (Phi) is 6.42. The van der Waals surface area contributed by atoms with Gasteiger partial charge in [0.15, 0.2) is 0 Å². The lowest BCUT2D eigenvalue weighted by Gasteiger charge is -2.35. The Bertz CT molecular complexity index is 1300. The molecule has 8 nitrogen and oxygen atoms in total. The minimum absolute atomic E-state index is 0.102. The van der Waals surface area contributed by atoms with E-state index in [0.29, 0.717) is 18.1 Å². The number of rotatable bonds is 5. The minimum Gasteiger partial charge on any atom is -0.369 e. The van der Waals surface area contributed by atoms with Crippen molar-refractivity contribution < 1.29 is 17.6 Å². The predicted octanol–water partition coefficient (Wildman–Crippen LogP) is 3.28. The van der Waals surface area contributed by atoms with Crippen LogP contribution in [0.4, 0.5) is 15.8 Å². The first kappa shape index (κ1) is 23.2. The highest BCUT2D eigenvalue weighted by Gasteiger charge is 2.34. The number of carbonyl (C=O) groups is 1. The molecule has 1 aliphatic rings. The number of benzene rings is 2. The largest absolute Gasteiger partial charge is 0.369 e. The van der Waals surface area contributed by atoms with Crippen LogP contribution in [0.3, 0.4) is 0 Å². The summed E-state index contributed by atoms with van der Waals surface area (Å²) in [7, 11) is -2.49. The van der Waals surface area contributed by atoms with Gasteiger partial charge in [-0.25, -0.2) is 12.8 Å². The third kappa shape index (κ3) is 4.87. The molecule has 1 fully saturated rings. The van der Waals surface area contributed by atoms with Crippen LogP contribution in [0.1, 0.15) is 15.9 Å². The number of halogens is 2. The molecule has 3 aromatic rings. The smallest absolute Gasteiger partial charge is 0.263 e. The highest BCUT2D eigenvalue weighted by molar-refractivity contribution is 7.89. The van der Waals surface area contributed by atoms with Gasteiger partial charge < -0.3 is 10.2 Å². The van der Waals surface area contributed by atoms with Gasteiger partial charge in [0.1, 0.15) is 5.82 Å². The van der Waals surface area contributed by atoms with E-state index in [1.165, 1.54) is 40.4 Å². The molecule has 0 bridgehead atoms.